The molecule has 1 aliphatic rings. The predicted octanol–water partition coefficient (Wildman–Crippen LogP) is 1.98. The Labute approximate surface area is 91.5 Å². The summed E-state index contributed by atoms with van der Waals surface area (Å²) in [6.45, 7) is 7.81. The highest BCUT2D eigenvalue weighted by molar-refractivity contribution is 5.05. The van der Waals surface area contributed by atoms with Crippen molar-refractivity contribution in [1.82, 2.24) is 14.9 Å². The average Bonchev–Trinajstić information content (AvgIpc) is 2.29. The molecular weight excluding hydrogens is 186 g/mol. The third-order valence-corrected chi connectivity index (χ3v) is 3.21. The van der Waals surface area contributed by atoms with Crippen molar-refractivity contribution in [1.29, 1.82) is 0 Å². The number of hydrogen-bond donors (Lipinski definition) is 0. The van der Waals surface area contributed by atoms with Crippen LogP contribution in [0.2, 0.25) is 0 Å². The normalized spacial score (nSPS) is 19.3. The molecule has 1 aliphatic heterocycles. The van der Waals surface area contributed by atoms with Crippen LogP contribution in [0, 0.1) is 6.92 Å². The maximum Gasteiger partial charge on any atom is 0.131 e. The Hall–Kier alpha value is -0.960. The molecule has 0 atom stereocenters. The summed E-state index contributed by atoms with van der Waals surface area (Å²) in [6.07, 6.45) is 4.29. The van der Waals surface area contributed by atoms with Crippen molar-refractivity contribution >= 4 is 0 Å². The second kappa shape index (κ2) is 4.71. The number of aryl methyl sites for hydroxylation is 1. The zero-order valence-corrected chi connectivity index (χ0v) is 9.61. The van der Waals surface area contributed by atoms with Crippen molar-refractivity contribution in [2.45, 2.75) is 32.6 Å². The summed E-state index contributed by atoms with van der Waals surface area (Å²) in [5.41, 5.74) is 1.08. The van der Waals surface area contributed by atoms with E-state index < -0.39 is 0 Å². The van der Waals surface area contributed by atoms with Crippen LogP contribution in [0.3, 0.4) is 0 Å². The summed E-state index contributed by atoms with van der Waals surface area (Å²) in [6, 6.07) is 1.96. The monoisotopic (exact) mass is 205 g/mol. The van der Waals surface area contributed by atoms with Gasteiger partial charge in [-0.3, -0.25) is 0 Å². The van der Waals surface area contributed by atoms with Crippen molar-refractivity contribution in [3.05, 3.63) is 23.8 Å². The molecule has 1 aromatic rings. The minimum Gasteiger partial charge on any atom is -0.304 e. The van der Waals surface area contributed by atoms with E-state index in [1.165, 1.54) is 32.5 Å². The predicted molar refractivity (Wildman–Crippen MR) is 60.9 cm³/mol. The van der Waals surface area contributed by atoms with Gasteiger partial charge in [-0.1, -0.05) is 6.92 Å². The van der Waals surface area contributed by atoms with E-state index in [9.17, 15) is 0 Å². The first-order chi connectivity index (χ1) is 7.29. The number of hydrogen-bond acceptors (Lipinski definition) is 3. The van der Waals surface area contributed by atoms with Gasteiger partial charge in [-0.25, -0.2) is 9.97 Å². The van der Waals surface area contributed by atoms with Gasteiger partial charge in [-0.05, 0) is 45.5 Å². The standard InChI is InChI=1S/C12H19N3/c1-3-15-8-5-11(6-9-15)12-13-7-4-10(2)14-12/h4,7,11H,3,5-6,8-9H2,1-2H3. The molecule has 1 fully saturated rings. The van der Waals surface area contributed by atoms with Crippen molar-refractivity contribution in [3.8, 4) is 0 Å². The van der Waals surface area contributed by atoms with E-state index in [-0.39, 0.29) is 0 Å². The number of nitrogens with zero attached hydrogens (tertiary/aromatic N) is 3. The van der Waals surface area contributed by atoms with Crippen LogP contribution in [-0.2, 0) is 0 Å². The zero-order chi connectivity index (χ0) is 10.7. The third kappa shape index (κ3) is 2.53. The molecule has 3 heteroatoms. The molecule has 0 aliphatic carbocycles. The maximum absolute atomic E-state index is 4.52. The zero-order valence-electron chi connectivity index (χ0n) is 9.61. The highest BCUT2D eigenvalue weighted by Crippen LogP contribution is 2.24. The fourth-order valence-corrected chi connectivity index (χ4v) is 2.17. The third-order valence-electron chi connectivity index (χ3n) is 3.21. The van der Waals surface area contributed by atoms with Gasteiger partial charge >= 0.3 is 0 Å². The number of rotatable bonds is 2. The van der Waals surface area contributed by atoms with Gasteiger partial charge in [0.1, 0.15) is 5.82 Å². The summed E-state index contributed by atoms with van der Waals surface area (Å²) in [5.74, 6) is 1.62. The van der Waals surface area contributed by atoms with Crippen LogP contribution in [0.25, 0.3) is 0 Å². The second-order valence-corrected chi connectivity index (χ2v) is 4.26. The van der Waals surface area contributed by atoms with Gasteiger partial charge in [-0.15, -0.1) is 0 Å². The van der Waals surface area contributed by atoms with E-state index in [1.807, 2.05) is 19.2 Å². The van der Waals surface area contributed by atoms with E-state index in [0.717, 1.165) is 11.5 Å². The second-order valence-electron chi connectivity index (χ2n) is 4.26. The van der Waals surface area contributed by atoms with Crippen LogP contribution in [-0.4, -0.2) is 34.5 Å². The summed E-state index contributed by atoms with van der Waals surface area (Å²) < 4.78 is 0. The molecule has 0 bridgehead atoms. The lowest BCUT2D eigenvalue weighted by Crippen LogP contribution is -2.33. The molecule has 3 nitrogen and oxygen atoms in total. The molecule has 2 rings (SSSR count). The molecule has 0 N–H and O–H groups in total. The molecule has 0 radical (unpaired) electrons. The van der Waals surface area contributed by atoms with Crippen molar-refractivity contribution < 1.29 is 0 Å². The molecule has 0 unspecified atom stereocenters. The Kier molecular flexibility index (Phi) is 3.31. The van der Waals surface area contributed by atoms with Gasteiger partial charge in [0.15, 0.2) is 0 Å². The Morgan fingerprint density at radius 1 is 1.40 bits per heavy atom. The average molecular weight is 205 g/mol. The first-order valence-corrected chi connectivity index (χ1v) is 5.81. The van der Waals surface area contributed by atoms with E-state index in [2.05, 4.69) is 21.8 Å². The van der Waals surface area contributed by atoms with Crippen LogP contribution in [0.1, 0.15) is 37.2 Å². The van der Waals surface area contributed by atoms with E-state index in [1.54, 1.807) is 0 Å². The van der Waals surface area contributed by atoms with Crippen LogP contribution in [0.5, 0.6) is 0 Å². The van der Waals surface area contributed by atoms with Gasteiger partial charge in [0.2, 0.25) is 0 Å². The maximum atomic E-state index is 4.52. The van der Waals surface area contributed by atoms with Crippen LogP contribution < -0.4 is 0 Å². The minimum atomic E-state index is 0.577. The van der Waals surface area contributed by atoms with Crippen molar-refractivity contribution in [3.63, 3.8) is 0 Å². The Morgan fingerprint density at radius 2 is 2.13 bits per heavy atom. The molecule has 0 saturated carbocycles. The minimum absolute atomic E-state index is 0.577. The Morgan fingerprint density at radius 3 is 2.73 bits per heavy atom. The van der Waals surface area contributed by atoms with Crippen molar-refractivity contribution in [2.75, 3.05) is 19.6 Å². The number of piperidine rings is 1. The molecule has 15 heavy (non-hydrogen) atoms. The molecule has 1 aromatic heterocycles. The highest BCUT2D eigenvalue weighted by Gasteiger charge is 2.21. The summed E-state index contributed by atoms with van der Waals surface area (Å²) >= 11 is 0. The fourth-order valence-electron chi connectivity index (χ4n) is 2.17. The molecule has 0 aromatic carbocycles. The Balaban J connectivity index is 2.01. The lowest BCUT2D eigenvalue weighted by atomic mass is 9.96. The fraction of sp³-hybridized carbons (Fsp3) is 0.667. The van der Waals surface area contributed by atoms with Gasteiger partial charge < -0.3 is 4.90 Å². The quantitative estimate of drug-likeness (QED) is 0.739. The molecule has 0 amide bonds. The lowest BCUT2D eigenvalue weighted by Gasteiger charge is -2.30. The Bertz CT molecular complexity index is 316. The first kappa shape index (κ1) is 10.6. The van der Waals surface area contributed by atoms with Gasteiger partial charge in [0.05, 0.1) is 0 Å². The molecular formula is C12H19N3. The number of likely N-dealkylation sites (tertiary alicyclic amines) is 1. The molecule has 2 heterocycles. The largest absolute Gasteiger partial charge is 0.304 e. The highest BCUT2D eigenvalue weighted by atomic mass is 15.1. The topological polar surface area (TPSA) is 29.0 Å². The van der Waals surface area contributed by atoms with Crippen LogP contribution >= 0.6 is 0 Å². The van der Waals surface area contributed by atoms with Crippen molar-refractivity contribution in [2.24, 2.45) is 0 Å². The number of aromatic nitrogens is 2. The van der Waals surface area contributed by atoms with E-state index in [0.29, 0.717) is 5.92 Å². The smallest absolute Gasteiger partial charge is 0.131 e. The van der Waals surface area contributed by atoms with E-state index in [4.69, 9.17) is 0 Å². The van der Waals surface area contributed by atoms with Crippen LogP contribution in [0.4, 0.5) is 0 Å². The van der Waals surface area contributed by atoms with Gasteiger partial charge in [-0.2, -0.15) is 0 Å². The first-order valence-electron chi connectivity index (χ1n) is 5.81. The molecule has 82 valence electrons. The summed E-state index contributed by atoms with van der Waals surface area (Å²) in [4.78, 5) is 11.4. The van der Waals surface area contributed by atoms with Crippen LogP contribution in [0.15, 0.2) is 12.3 Å². The summed E-state index contributed by atoms with van der Waals surface area (Å²) in [7, 11) is 0. The van der Waals surface area contributed by atoms with Gasteiger partial charge in [0, 0.05) is 17.8 Å². The molecule has 1 saturated heterocycles. The molecule has 0 spiro atoms. The van der Waals surface area contributed by atoms with E-state index >= 15 is 0 Å². The van der Waals surface area contributed by atoms with Gasteiger partial charge in [0.25, 0.3) is 0 Å². The summed E-state index contributed by atoms with van der Waals surface area (Å²) in [5, 5.41) is 0. The lowest BCUT2D eigenvalue weighted by molar-refractivity contribution is 0.219. The SMILES string of the molecule is CCN1CCC(c2nccc(C)n2)CC1.